The number of halogens is 2. The van der Waals surface area contributed by atoms with Gasteiger partial charge in [-0.15, -0.1) is 0 Å². The number of aliphatic carboxylic acids is 1. The molecule has 1 amide bonds. The lowest BCUT2D eigenvalue weighted by atomic mass is 9.42. The van der Waals surface area contributed by atoms with Crippen LogP contribution >= 0.6 is 23.2 Å². The van der Waals surface area contributed by atoms with E-state index in [0.29, 0.717) is 45.5 Å². The minimum atomic E-state index is -1.32. The predicted octanol–water partition coefficient (Wildman–Crippen LogP) is 7.45. The van der Waals surface area contributed by atoms with Crippen molar-refractivity contribution in [3.8, 4) is 28.1 Å². The van der Waals surface area contributed by atoms with Crippen molar-refractivity contribution in [3.05, 3.63) is 70.3 Å². The number of nitrogens with zero attached hydrogens (tertiary/aromatic N) is 2. The molecule has 4 bridgehead atoms. The lowest BCUT2D eigenvalue weighted by molar-refractivity contribution is -0.178. The molecule has 9 heteroatoms. The second-order valence-corrected chi connectivity index (χ2v) is 14.2. The summed E-state index contributed by atoms with van der Waals surface area (Å²) < 4.78 is 6.05. The van der Waals surface area contributed by atoms with Crippen LogP contribution in [0.15, 0.2) is 54.6 Å². The average molecular weight is 637 g/mol. The van der Waals surface area contributed by atoms with E-state index in [2.05, 4.69) is 17.1 Å². The molecular weight excluding hydrogens is 597 g/mol. The zero-order chi connectivity index (χ0) is 31.2. The van der Waals surface area contributed by atoms with Crippen molar-refractivity contribution < 1.29 is 19.4 Å². The van der Waals surface area contributed by atoms with Gasteiger partial charge in [0.15, 0.2) is 0 Å². The Hall–Kier alpha value is -3.13. The summed E-state index contributed by atoms with van der Waals surface area (Å²) in [6, 6.07) is 16.4. The van der Waals surface area contributed by atoms with Crippen molar-refractivity contribution in [2.75, 3.05) is 27.2 Å². The topological polar surface area (TPSA) is 91.8 Å². The van der Waals surface area contributed by atoms with Gasteiger partial charge in [0.25, 0.3) is 5.91 Å². The van der Waals surface area contributed by atoms with E-state index in [1.165, 1.54) is 6.42 Å². The number of hydrogen-bond donors (Lipinski definition) is 2. The molecule has 4 aliphatic rings. The number of carboxylic acid groups (broad SMARTS) is 1. The van der Waals surface area contributed by atoms with Crippen molar-refractivity contribution in [2.45, 2.75) is 51.0 Å². The number of benzene rings is 2. The number of carboxylic acids is 1. The predicted molar refractivity (Wildman–Crippen MR) is 173 cm³/mol. The molecule has 7 nitrogen and oxygen atoms in total. The second kappa shape index (κ2) is 12.0. The van der Waals surface area contributed by atoms with Crippen molar-refractivity contribution in [2.24, 2.45) is 23.2 Å². The van der Waals surface area contributed by atoms with Crippen LogP contribution in [0.25, 0.3) is 22.4 Å². The molecule has 1 heterocycles. The summed E-state index contributed by atoms with van der Waals surface area (Å²) in [6.45, 7) is 3.43. The fourth-order valence-electron chi connectivity index (χ4n) is 8.43. The Morgan fingerprint density at radius 2 is 1.73 bits per heavy atom. The maximum atomic E-state index is 14.0. The lowest BCUT2D eigenvalue weighted by Gasteiger charge is -2.64. The molecular formula is C35H39Cl2N3O4. The molecule has 0 spiro atoms. The SMILES string of the molecule is CN(C)CCCOc1cc(-c2nc(C(=O)NC3(C(=O)O)C4CC5CC(C4)CC3(C)C5)ccc2-c2ccccc2Cl)ccc1Cl. The molecule has 4 saturated carbocycles. The van der Waals surface area contributed by atoms with E-state index in [0.717, 1.165) is 49.8 Å². The summed E-state index contributed by atoms with van der Waals surface area (Å²) in [6.07, 6.45) is 5.32. The van der Waals surface area contributed by atoms with E-state index in [1.807, 2.05) is 56.6 Å². The van der Waals surface area contributed by atoms with Crippen LogP contribution in [0.1, 0.15) is 55.9 Å². The van der Waals surface area contributed by atoms with Crippen LogP contribution in [0.3, 0.4) is 0 Å². The largest absolute Gasteiger partial charge is 0.492 e. The van der Waals surface area contributed by atoms with Crippen LogP contribution in [0.2, 0.25) is 10.0 Å². The zero-order valence-corrected chi connectivity index (χ0v) is 26.9. The molecule has 3 unspecified atom stereocenters. The van der Waals surface area contributed by atoms with Crippen molar-refractivity contribution in [3.63, 3.8) is 0 Å². The fourth-order valence-corrected chi connectivity index (χ4v) is 8.84. The van der Waals surface area contributed by atoms with Gasteiger partial charge < -0.3 is 20.1 Å². The van der Waals surface area contributed by atoms with E-state index < -0.39 is 22.8 Å². The first-order chi connectivity index (χ1) is 21.0. The summed E-state index contributed by atoms with van der Waals surface area (Å²) >= 11 is 13.2. The van der Waals surface area contributed by atoms with E-state index >= 15 is 0 Å². The fraction of sp³-hybridized carbons (Fsp3) is 0.457. The minimum absolute atomic E-state index is 0.0921. The highest BCUT2D eigenvalue weighted by Crippen LogP contribution is 2.64. The maximum absolute atomic E-state index is 14.0. The van der Waals surface area contributed by atoms with Gasteiger partial charge in [-0.3, -0.25) is 4.79 Å². The number of amides is 1. The third-order valence-electron chi connectivity index (χ3n) is 10.1. The third kappa shape index (κ3) is 5.48. The van der Waals surface area contributed by atoms with Gasteiger partial charge in [0.2, 0.25) is 0 Å². The van der Waals surface area contributed by atoms with Crippen molar-refractivity contribution in [1.82, 2.24) is 15.2 Å². The Balaban J connectivity index is 1.38. The molecule has 0 saturated heterocycles. The van der Waals surface area contributed by atoms with Gasteiger partial charge >= 0.3 is 5.97 Å². The molecule has 4 aliphatic carbocycles. The van der Waals surface area contributed by atoms with Crippen LogP contribution in [-0.2, 0) is 4.79 Å². The molecule has 44 heavy (non-hydrogen) atoms. The minimum Gasteiger partial charge on any atom is -0.492 e. The molecule has 2 aromatic carbocycles. The molecule has 3 atom stereocenters. The van der Waals surface area contributed by atoms with Crippen molar-refractivity contribution >= 4 is 35.1 Å². The molecule has 7 rings (SSSR count). The highest BCUT2D eigenvalue weighted by molar-refractivity contribution is 6.33. The molecule has 4 fully saturated rings. The quantitative estimate of drug-likeness (QED) is 0.225. The number of nitrogens with one attached hydrogen (secondary N) is 1. The molecule has 0 radical (unpaired) electrons. The van der Waals surface area contributed by atoms with E-state index in [9.17, 15) is 14.7 Å². The van der Waals surface area contributed by atoms with Crippen molar-refractivity contribution in [1.29, 1.82) is 0 Å². The Kier molecular flexibility index (Phi) is 8.42. The molecule has 3 aromatic rings. The van der Waals surface area contributed by atoms with Crippen LogP contribution in [0.5, 0.6) is 5.75 Å². The first kappa shape index (κ1) is 30.9. The number of aromatic nitrogens is 1. The first-order valence-electron chi connectivity index (χ1n) is 15.4. The normalized spacial score (nSPS) is 27.0. The van der Waals surface area contributed by atoms with E-state index in [1.54, 1.807) is 12.1 Å². The van der Waals surface area contributed by atoms with E-state index in [4.69, 9.17) is 32.9 Å². The molecule has 2 N–H and O–H groups in total. The number of hydrogen-bond acceptors (Lipinski definition) is 5. The Morgan fingerprint density at radius 3 is 2.39 bits per heavy atom. The number of ether oxygens (including phenoxy) is 1. The van der Waals surface area contributed by atoms with Crippen LogP contribution in [0, 0.1) is 23.2 Å². The summed E-state index contributed by atoms with van der Waals surface area (Å²) in [4.78, 5) is 34.1. The highest BCUT2D eigenvalue weighted by atomic mass is 35.5. The van der Waals surface area contributed by atoms with Crippen LogP contribution < -0.4 is 10.1 Å². The van der Waals surface area contributed by atoms with Gasteiger partial charge in [0, 0.05) is 33.7 Å². The number of pyridine rings is 1. The average Bonchev–Trinajstić information content (AvgIpc) is 2.97. The molecule has 0 aliphatic heterocycles. The van der Waals surface area contributed by atoms with Gasteiger partial charge in [-0.2, -0.15) is 0 Å². The van der Waals surface area contributed by atoms with Gasteiger partial charge in [-0.1, -0.05) is 54.4 Å². The third-order valence-corrected chi connectivity index (χ3v) is 10.7. The van der Waals surface area contributed by atoms with Crippen LogP contribution in [0.4, 0.5) is 0 Å². The monoisotopic (exact) mass is 635 g/mol. The number of carbonyl (C=O) groups is 2. The number of rotatable bonds is 10. The van der Waals surface area contributed by atoms with Crippen LogP contribution in [-0.4, -0.2) is 59.7 Å². The molecule has 1 aromatic heterocycles. The van der Waals surface area contributed by atoms with Gasteiger partial charge in [0.05, 0.1) is 17.3 Å². The zero-order valence-electron chi connectivity index (χ0n) is 25.4. The lowest BCUT2D eigenvalue weighted by Crippen LogP contribution is -2.74. The maximum Gasteiger partial charge on any atom is 0.330 e. The Bertz CT molecular complexity index is 1580. The van der Waals surface area contributed by atoms with Gasteiger partial charge in [0.1, 0.15) is 17.0 Å². The summed E-state index contributed by atoms with van der Waals surface area (Å²) in [7, 11) is 4.03. The smallest absolute Gasteiger partial charge is 0.330 e. The second-order valence-electron chi connectivity index (χ2n) is 13.4. The van der Waals surface area contributed by atoms with Gasteiger partial charge in [-0.05, 0) is 101 Å². The van der Waals surface area contributed by atoms with Gasteiger partial charge in [-0.25, -0.2) is 9.78 Å². The number of carbonyl (C=O) groups excluding carboxylic acids is 1. The molecule has 232 valence electrons. The highest BCUT2D eigenvalue weighted by Gasteiger charge is 2.68. The summed E-state index contributed by atoms with van der Waals surface area (Å²) in [5.74, 6) is 0.0685. The Labute approximate surface area is 268 Å². The standard InChI is InChI=1S/C35H39Cl2N3O4/c1-34-19-21-15-22(20-34)17-24(16-21)35(34,33(42)43)39-32(41)29-12-10-26(25-7-4-5-8-27(25)36)31(38-29)23-9-11-28(37)30(18-23)44-14-6-13-40(2)3/h4-5,7-12,18,21-22,24H,6,13-17,19-20H2,1-3H3,(H,39,41)(H,42,43). The van der Waals surface area contributed by atoms with E-state index in [-0.39, 0.29) is 11.6 Å². The summed E-state index contributed by atoms with van der Waals surface area (Å²) in [5.41, 5.74) is 1.06. The Morgan fingerprint density at radius 1 is 1.00 bits per heavy atom. The first-order valence-corrected chi connectivity index (χ1v) is 16.2. The summed E-state index contributed by atoms with van der Waals surface area (Å²) in [5, 5.41) is 14.8.